The molecule has 0 atom stereocenters. The summed E-state index contributed by atoms with van der Waals surface area (Å²) < 4.78 is 38.6. The molecule has 20 heavy (non-hydrogen) atoms. The first-order valence-electron chi connectivity index (χ1n) is 6.36. The van der Waals surface area contributed by atoms with Crippen LogP contribution in [0.2, 0.25) is 0 Å². The Labute approximate surface area is 115 Å². The second-order valence-electron chi connectivity index (χ2n) is 4.84. The average Bonchev–Trinajstić information content (AvgIpc) is 3.20. The Kier molecular flexibility index (Phi) is 4.11. The first-order chi connectivity index (χ1) is 9.43. The Morgan fingerprint density at radius 2 is 2.20 bits per heavy atom. The Bertz CT molecular complexity index is 509. The maximum atomic E-state index is 12.9. The van der Waals surface area contributed by atoms with Crippen molar-refractivity contribution in [2.75, 3.05) is 13.1 Å². The standard InChI is InChI=1S/C14H15F3N2O/c1-2-8-19(9-10-5-6-10)13(20)11-4-3-7-18-12(11)14(15,16)17/h2-4,7,10H,1,5-6,8-9H2. The zero-order valence-corrected chi connectivity index (χ0v) is 10.9. The molecule has 1 aromatic heterocycles. The first-order valence-corrected chi connectivity index (χ1v) is 6.36. The number of aromatic nitrogens is 1. The topological polar surface area (TPSA) is 33.2 Å². The normalized spacial score (nSPS) is 14.9. The van der Waals surface area contributed by atoms with Crippen LogP contribution in [0.3, 0.4) is 0 Å². The third-order valence-corrected chi connectivity index (χ3v) is 3.12. The molecule has 1 aromatic rings. The number of hydrogen-bond acceptors (Lipinski definition) is 2. The van der Waals surface area contributed by atoms with Gasteiger partial charge in [-0.1, -0.05) is 6.08 Å². The molecule has 1 fully saturated rings. The monoisotopic (exact) mass is 284 g/mol. The number of alkyl halides is 3. The lowest BCUT2D eigenvalue weighted by Gasteiger charge is -2.22. The molecule has 0 spiro atoms. The van der Waals surface area contributed by atoms with Crippen molar-refractivity contribution in [2.24, 2.45) is 5.92 Å². The third-order valence-electron chi connectivity index (χ3n) is 3.12. The summed E-state index contributed by atoms with van der Waals surface area (Å²) in [6.07, 6.45) is -0.0475. The van der Waals surface area contributed by atoms with Crippen LogP contribution in [0.4, 0.5) is 13.2 Å². The van der Waals surface area contributed by atoms with E-state index in [-0.39, 0.29) is 6.54 Å². The lowest BCUT2D eigenvalue weighted by molar-refractivity contribution is -0.141. The van der Waals surface area contributed by atoms with Gasteiger partial charge in [-0.3, -0.25) is 9.78 Å². The van der Waals surface area contributed by atoms with Crippen molar-refractivity contribution in [3.63, 3.8) is 0 Å². The lowest BCUT2D eigenvalue weighted by Crippen LogP contribution is -2.34. The molecular weight excluding hydrogens is 269 g/mol. The van der Waals surface area contributed by atoms with Crippen molar-refractivity contribution in [1.82, 2.24) is 9.88 Å². The zero-order chi connectivity index (χ0) is 14.8. The predicted molar refractivity (Wildman–Crippen MR) is 68.1 cm³/mol. The number of pyridine rings is 1. The van der Waals surface area contributed by atoms with Gasteiger partial charge in [-0.25, -0.2) is 0 Å². The molecule has 0 N–H and O–H groups in total. The fourth-order valence-corrected chi connectivity index (χ4v) is 1.98. The number of hydrogen-bond donors (Lipinski definition) is 0. The van der Waals surface area contributed by atoms with Gasteiger partial charge in [0.2, 0.25) is 0 Å². The van der Waals surface area contributed by atoms with Gasteiger partial charge in [0.1, 0.15) is 0 Å². The van der Waals surface area contributed by atoms with Gasteiger partial charge in [0.25, 0.3) is 5.91 Å². The summed E-state index contributed by atoms with van der Waals surface area (Å²) in [5, 5.41) is 0. The summed E-state index contributed by atoms with van der Waals surface area (Å²) in [5.41, 5.74) is -1.53. The third kappa shape index (κ3) is 3.37. The largest absolute Gasteiger partial charge is 0.434 e. The Hall–Kier alpha value is -1.85. The highest BCUT2D eigenvalue weighted by Crippen LogP contribution is 2.32. The van der Waals surface area contributed by atoms with E-state index < -0.39 is 23.3 Å². The molecule has 0 unspecified atom stereocenters. The number of carbonyl (C=O) groups excluding carboxylic acids is 1. The molecule has 3 nitrogen and oxygen atoms in total. The molecule has 1 aliphatic rings. The molecule has 0 aliphatic heterocycles. The quantitative estimate of drug-likeness (QED) is 0.778. The minimum Gasteiger partial charge on any atom is -0.335 e. The van der Waals surface area contributed by atoms with Gasteiger partial charge >= 0.3 is 6.18 Å². The molecule has 1 aliphatic carbocycles. The Morgan fingerprint density at radius 1 is 1.50 bits per heavy atom. The molecule has 0 bridgehead atoms. The molecule has 6 heteroatoms. The Balaban J connectivity index is 2.28. The zero-order valence-electron chi connectivity index (χ0n) is 10.9. The van der Waals surface area contributed by atoms with E-state index in [4.69, 9.17) is 0 Å². The van der Waals surface area contributed by atoms with Gasteiger partial charge < -0.3 is 4.90 Å². The maximum absolute atomic E-state index is 12.9. The smallest absolute Gasteiger partial charge is 0.335 e. The fraction of sp³-hybridized carbons (Fsp3) is 0.429. The van der Waals surface area contributed by atoms with Crippen LogP contribution in [0, 0.1) is 5.92 Å². The van der Waals surface area contributed by atoms with E-state index in [0.717, 1.165) is 19.0 Å². The second-order valence-corrected chi connectivity index (χ2v) is 4.84. The maximum Gasteiger partial charge on any atom is 0.434 e. The molecule has 0 aromatic carbocycles. The number of rotatable bonds is 5. The van der Waals surface area contributed by atoms with E-state index in [2.05, 4.69) is 11.6 Å². The van der Waals surface area contributed by atoms with Crippen molar-refractivity contribution in [1.29, 1.82) is 0 Å². The van der Waals surface area contributed by atoms with Crippen molar-refractivity contribution in [3.05, 3.63) is 42.2 Å². The minimum atomic E-state index is -4.63. The van der Waals surface area contributed by atoms with E-state index in [1.165, 1.54) is 23.1 Å². The lowest BCUT2D eigenvalue weighted by atomic mass is 10.1. The van der Waals surface area contributed by atoms with Crippen molar-refractivity contribution in [3.8, 4) is 0 Å². The van der Waals surface area contributed by atoms with E-state index in [0.29, 0.717) is 12.5 Å². The number of halogens is 3. The molecule has 2 rings (SSSR count). The van der Waals surface area contributed by atoms with E-state index in [9.17, 15) is 18.0 Å². The van der Waals surface area contributed by atoms with Gasteiger partial charge in [-0.15, -0.1) is 6.58 Å². The second kappa shape index (κ2) is 5.64. The van der Waals surface area contributed by atoms with Crippen LogP contribution in [-0.4, -0.2) is 28.9 Å². The summed E-state index contributed by atoms with van der Waals surface area (Å²) in [5.74, 6) is -0.248. The molecule has 1 heterocycles. The predicted octanol–water partition coefficient (Wildman–Crippen LogP) is 3.14. The SMILES string of the molecule is C=CCN(CC1CC1)C(=O)c1cccnc1C(F)(F)F. The number of amides is 1. The Morgan fingerprint density at radius 3 is 2.75 bits per heavy atom. The summed E-state index contributed by atoms with van der Waals surface area (Å²) in [6, 6.07) is 2.51. The van der Waals surface area contributed by atoms with E-state index >= 15 is 0 Å². The highest BCUT2D eigenvalue weighted by Gasteiger charge is 2.38. The van der Waals surface area contributed by atoms with Gasteiger partial charge in [-0.2, -0.15) is 13.2 Å². The van der Waals surface area contributed by atoms with Crippen LogP contribution in [0.5, 0.6) is 0 Å². The van der Waals surface area contributed by atoms with E-state index in [1.807, 2.05) is 0 Å². The fourth-order valence-electron chi connectivity index (χ4n) is 1.98. The van der Waals surface area contributed by atoms with Gasteiger partial charge in [0.05, 0.1) is 5.56 Å². The van der Waals surface area contributed by atoms with Crippen LogP contribution in [0.1, 0.15) is 28.9 Å². The molecular formula is C14H15F3N2O. The molecule has 0 saturated heterocycles. The first kappa shape index (κ1) is 14.6. The minimum absolute atomic E-state index is 0.238. The van der Waals surface area contributed by atoms with Crippen LogP contribution in [0.15, 0.2) is 31.0 Å². The summed E-state index contributed by atoms with van der Waals surface area (Å²) in [6.45, 7) is 4.25. The van der Waals surface area contributed by atoms with Gasteiger partial charge in [0.15, 0.2) is 5.69 Å². The summed E-state index contributed by atoms with van der Waals surface area (Å²) >= 11 is 0. The molecule has 1 saturated carbocycles. The van der Waals surface area contributed by atoms with Crippen LogP contribution < -0.4 is 0 Å². The molecule has 1 amide bonds. The van der Waals surface area contributed by atoms with Gasteiger partial charge in [0, 0.05) is 19.3 Å². The highest BCUT2D eigenvalue weighted by molar-refractivity contribution is 5.95. The average molecular weight is 284 g/mol. The summed E-state index contributed by atoms with van der Waals surface area (Å²) in [7, 11) is 0. The van der Waals surface area contributed by atoms with Crippen LogP contribution >= 0.6 is 0 Å². The van der Waals surface area contributed by atoms with E-state index in [1.54, 1.807) is 0 Å². The van der Waals surface area contributed by atoms with Gasteiger partial charge in [-0.05, 0) is 30.9 Å². The van der Waals surface area contributed by atoms with Crippen LogP contribution in [-0.2, 0) is 6.18 Å². The summed E-state index contributed by atoms with van der Waals surface area (Å²) in [4.78, 5) is 17.0. The van der Waals surface area contributed by atoms with Crippen LogP contribution in [0.25, 0.3) is 0 Å². The number of nitrogens with zero attached hydrogens (tertiary/aromatic N) is 2. The number of carbonyl (C=O) groups is 1. The molecule has 108 valence electrons. The highest BCUT2D eigenvalue weighted by atomic mass is 19.4. The molecule has 0 radical (unpaired) electrons. The van der Waals surface area contributed by atoms with Crippen molar-refractivity contribution in [2.45, 2.75) is 19.0 Å². The van der Waals surface area contributed by atoms with Crippen molar-refractivity contribution >= 4 is 5.91 Å². The van der Waals surface area contributed by atoms with Crippen molar-refractivity contribution < 1.29 is 18.0 Å².